The van der Waals surface area contributed by atoms with Crippen LogP contribution in [0.15, 0.2) is 105 Å². The Kier molecular flexibility index (Phi) is 18.2. The van der Waals surface area contributed by atoms with Crippen molar-refractivity contribution in [3.8, 4) is 56.8 Å². The number of benzene rings is 2. The Morgan fingerprint density at radius 2 is 1.05 bits per heavy atom. The summed E-state index contributed by atoms with van der Waals surface area (Å²) in [5.74, 6) is 2.20. The summed E-state index contributed by atoms with van der Waals surface area (Å²) in [6.45, 7) is -0.524. The molecule has 2 amide bonds. The van der Waals surface area contributed by atoms with Crippen molar-refractivity contribution in [3.63, 3.8) is 0 Å². The highest BCUT2D eigenvalue weighted by Crippen LogP contribution is 2.52. The van der Waals surface area contributed by atoms with Gasteiger partial charge in [-0.25, -0.2) is 0 Å². The van der Waals surface area contributed by atoms with Gasteiger partial charge < -0.3 is 49.0 Å². The number of carbonyl (C=O) groups excluding carboxylic acids is 2. The Morgan fingerprint density at radius 3 is 1.40 bits per heavy atom. The quantitative estimate of drug-likeness (QED) is 0.0476. The van der Waals surface area contributed by atoms with Gasteiger partial charge >= 0.3 is 0 Å². The molecule has 6 aromatic rings. The molecule has 0 radical (unpaired) electrons. The van der Waals surface area contributed by atoms with Gasteiger partial charge in [0.15, 0.2) is 33.9 Å². The van der Waals surface area contributed by atoms with Crippen LogP contribution in [0.5, 0.6) is 34.5 Å². The first kappa shape index (κ1) is 54.9. The van der Waals surface area contributed by atoms with Crippen molar-refractivity contribution < 1.29 is 53.0 Å². The molecule has 0 unspecified atom stereocenters. The first-order valence-electron chi connectivity index (χ1n) is 23.2. The number of amides is 2. The minimum absolute atomic E-state index is 0.125. The zero-order valence-electron chi connectivity index (χ0n) is 42.4. The number of aliphatic hydroxyl groups excluding tert-OH is 1. The second-order valence-corrected chi connectivity index (χ2v) is 18.5. The third kappa shape index (κ3) is 11.9. The fourth-order valence-corrected chi connectivity index (χ4v) is 10.1. The van der Waals surface area contributed by atoms with Crippen LogP contribution in [0.3, 0.4) is 0 Å². The van der Waals surface area contributed by atoms with E-state index in [0.717, 1.165) is 33.4 Å². The standard InChI is InChI=1S/C27H27N3O8S.C27H28N2O6S/c1-35-22-11-15-6-9-20(29-27(32)16-5-7-17(28-13-16)14-38-30(33)34)19-12-21(31)23(39-4)10-8-18(19)24(15)26(37-3)25(22)36-2;1-33-22-11-15-6-9-20(29-27(32)16-5-7-17(14-30)28-13-16)19-12-21(31)23(36-4)10-8-18(19)24(15)26(35-3)25(22)34-2/h5,7-8,10-13,20H,6,9,14H2,1-4H3,(H,29,32);5,7-8,10-13,20,30H,6,9,14H2,1-4H3,(H,29,32)/t2*20-/m00/s1. The maximum atomic E-state index is 13.3. The molecule has 4 aromatic carbocycles. The molecular formula is C54H55N5O14S2. The van der Waals surface area contributed by atoms with Crippen LogP contribution < -0.4 is 49.9 Å². The van der Waals surface area contributed by atoms with E-state index in [2.05, 4.69) is 25.4 Å². The fraction of sp³-hybridized carbons (Fsp3) is 0.296. The number of nitrogens with one attached hydrogen (secondary N) is 2. The van der Waals surface area contributed by atoms with E-state index in [9.17, 15) is 34.4 Å². The number of fused-ring (bicyclic) bond motifs is 6. The normalized spacial score (nSPS) is 14.0. The fourth-order valence-electron chi connectivity index (χ4n) is 9.13. The van der Waals surface area contributed by atoms with E-state index < -0.39 is 23.1 Å². The molecule has 0 fully saturated rings. The van der Waals surface area contributed by atoms with E-state index >= 15 is 0 Å². The molecule has 0 bridgehead atoms. The lowest BCUT2D eigenvalue weighted by Gasteiger charge is -2.20. The summed E-state index contributed by atoms with van der Waals surface area (Å²) in [5.41, 5.74) is 7.41. The maximum absolute atomic E-state index is 13.3. The van der Waals surface area contributed by atoms with Crippen LogP contribution in [0.25, 0.3) is 22.3 Å². The van der Waals surface area contributed by atoms with Crippen molar-refractivity contribution in [2.75, 3.05) is 55.2 Å². The second-order valence-electron chi connectivity index (χ2n) is 16.8. The lowest BCUT2D eigenvalue weighted by molar-refractivity contribution is -0.763. The average molecular weight is 1060 g/mol. The first-order valence-corrected chi connectivity index (χ1v) is 25.7. The molecule has 0 spiro atoms. The SMILES string of the molecule is COc1cc2c(c(OC)c1OC)-c1ccc(SC)c(=O)cc1[C@@H](NC(=O)c1ccc(CO)nc1)CC2.COc1cc2c(c(OC)c1OC)-c1ccc(SC)c(=O)cc1[C@@H](NC(=O)c1ccc(CO[N+](=O)[O-])nc1)CC2. The Labute approximate surface area is 440 Å². The van der Waals surface area contributed by atoms with E-state index in [1.165, 1.54) is 55.2 Å². The number of rotatable bonds is 16. The van der Waals surface area contributed by atoms with Gasteiger partial charge in [-0.1, -0.05) is 12.1 Å². The number of hydrogen-bond donors (Lipinski definition) is 3. The van der Waals surface area contributed by atoms with Gasteiger partial charge in [-0.3, -0.25) is 29.1 Å². The Hall–Kier alpha value is -7.88. The Balaban J connectivity index is 0.000000219. The van der Waals surface area contributed by atoms with Crippen LogP contribution in [0, 0.1) is 10.1 Å². The number of aliphatic hydroxyl groups is 1. The molecule has 3 N–H and O–H groups in total. The van der Waals surface area contributed by atoms with Crippen LogP contribution in [0.2, 0.25) is 0 Å². The number of ether oxygens (including phenoxy) is 6. The van der Waals surface area contributed by atoms with Crippen molar-refractivity contribution >= 4 is 35.3 Å². The topological polar surface area (TPSA) is 246 Å². The van der Waals surface area contributed by atoms with E-state index in [1.807, 2.05) is 36.8 Å². The average Bonchev–Trinajstić information content (AvgIpc) is 3.83. The zero-order chi connectivity index (χ0) is 53.9. The largest absolute Gasteiger partial charge is 0.493 e. The number of hydrogen-bond acceptors (Lipinski definition) is 18. The molecule has 2 aliphatic rings. The zero-order valence-corrected chi connectivity index (χ0v) is 44.0. The molecule has 2 aromatic heterocycles. The number of aromatic nitrogens is 2. The van der Waals surface area contributed by atoms with Gasteiger partial charge in [0, 0.05) is 23.5 Å². The smallest absolute Gasteiger partial charge is 0.294 e. The summed E-state index contributed by atoms with van der Waals surface area (Å²) in [6.07, 6.45) is 8.63. The number of aryl methyl sites for hydroxylation is 2. The van der Waals surface area contributed by atoms with Crippen molar-refractivity contribution in [1.29, 1.82) is 0 Å². The van der Waals surface area contributed by atoms with Gasteiger partial charge in [0.1, 0.15) is 6.61 Å². The van der Waals surface area contributed by atoms with E-state index in [4.69, 9.17) is 28.4 Å². The Bertz CT molecular complexity index is 3240. The van der Waals surface area contributed by atoms with Crippen LogP contribution in [-0.4, -0.2) is 87.1 Å². The molecule has 0 saturated heterocycles. The predicted octanol–water partition coefficient (Wildman–Crippen LogP) is 7.75. The predicted molar refractivity (Wildman–Crippen MR) is 282 cm³/mol. The van der Waals surface area contributed by atoms with Crippen molar-refractivity contribution in [3.05, 3.63) is 161 Å². The molecule has 2 atom stereocenters. The highest BCUT2D eigenvalue weighted by molar-refractivity contribution is 7.98. The first-order chi connectivity index (χ1) is 36.2. The number of methoxy groups -OCH3 is 6. The molecule has 19 nitrogen and oxygen atoms in total. The van der Waals surface area contributed by atoms with E-state index in [1.54, 1.807) is 71.9 Å². The maximum Gasteiger partial charge on any atom is 0.294 e. The summed E-state index contributed by atoms with van der Waals surface area (Å²) in [6, 6.07) is 19.6. The van der Waals surface area contributed by atoms with E-state index in [0.29, 0.717) is 98.0 Å². The van der Waals surface area contributed by atoms with E-state index in [-0.39, 0.29) is 35.5 Å². The van der Waals surface area contributed by atoms with Crippen molar-refractivity contribution in [1.82, 2.24) is 20.6 Å². The van der Waals surface area contributed by atoms with Crippen molar-refractivity contribution in [2.24, 2.45) is 0 Å². The van der Waals surface area contributed by atoms with Crippen LogP contribution in [0.1, 0.15) is 79.3 Å². The molecule has 8 rings (SSSR count). The van der Waals surface area contributed by atoms with Gasteiger partial charge in [0.25, 0.3) is 16.9 Å². The minimum atomic E-state index is -0.906. The number of nitrogens with zero attached hydrogens (tertiary/aromatic N) is 3. The van der Waals surface area contributed by atoms with Gasteiger partial charge in [0.2, 0.25) is 11.5 Å². The van der Waals surface area contributed by atoms with Gasteiger partial charge in [-0.2, -0.15) is 0 Å². The van der Waals surface area contributed by atoms with Crippen LogP contribution in [0.4, 0.5) is 0 Å². The van der Waals surface area contributed by atoms with Gasteiger partial charge in [-0.15, -0.1) is 33.6 Å². The van der Waals surface area contributed by atoms with Gasteiger partial charge in [-0.05, 0) is 132 Å². The third-order valence-corrected chi connectivity index (χ3v) is 14.3. The van der Waals surface area contributed by atoms with Crippen LogP contribution >= 0.6 is 23.5 Å². The highest BCUT2D eigenvalue weighted by Gasteiger charge is 2.32. The number of carbonyl (C=O) groups is 2. The second kappa shape index (κ2) is 24.9. The number of thioether (sulfide) groups is 2. The molecule has 0 saturated carbocycles. The summed E-state index contributed by atoms with van der Waals surface area (Å²) >= 11 is 2.71. The lowest BCUT2D eigenvalue weighted by atomic mass is 9.95. The van der Waals surface area contributed by atoms with Crippen LogP contribution in [-0.2, 0) is 30.9 Å². The van der Waals surface area contributed by atoms with Gasteiger partial charge in [0.05, 0.1) is 93.7 Å². The summed E-state index contributed by atoms with van der Waals surface area (Å²) < 4.78 is 34.0. The highest BCUT2D eigenvalue weighted by atomic mass is 32.2. The molecular weight excluding hydrogens is 1010 g/mol. The minimum Gasteiger partial charge on any atom is -0.493 e. The monoisotopic (exact) mass is 1060 g/mol. The molecule has 2 heterocycles. The molecule has 392 valence electrons. The summed E-state index contributed by atoms with van der Waals surface area (Å²) in [5, 5.41) is 24.9. The molecule has 2 aliphatic carbocycles. The molecule has 0 aliphatic heterocycles. The number of pyridine rings is 2. The third-order valence-electron chi connectivity index (χ3n) is 12.7. The molecule has 21 heteroatoms. The lowest BCUT2D eigenvalue weighted by Crippen LogP contribution is -2.29. The molecule has 75 heavy (non-hydrogen) atoms. The summed E-state index contributed by atoms with van der Waals surface area (Å²) in [7, 11) is 9.32. The van der Waals surface area contributed by atoms with Crippen molar-refractivity contribution in [2.45, 2.75) is 60.8 Å². The Morgan fingerprint density at radius 1 is 0.627 bits per heavy atom. The summed E-state index contributed by atoms with van der Waals surface area (Å²) in [4.78, 5) is 76.7.